The van der Waals surface area contributed by atoms with Gasteiger partial charge in [0.05, 0.1) is 0 Å². The van der Waals surface area contributed by atoms with Gasteiger partial charge >= 0.3 is 5.97 Å². The number of nitrogens with zero attached hydrogens (tertiary/aromatic N) is 1. The maximum Gasteiger partial charge on any atom is 0.357 e. The average molecular weight is 170 g/mol. The van der Waals surface area contributed by atoms with Crippen LogP contribution in [-0.2, 0) is 0 Å². The number of carboxylic acid groups (broad SMARTS) is 1. The van der Waals surface area contributed by atoms with Gasteiger partial charge in [-0.15, -0.1) is 0 Å². The molecule has 5 heteroatoms. The van der Waals surface area contributed by atoms with E-state index in [-0.39, 0.29) is 17.4 Å². The lowest BCUT2D eigenvalue weighted by Gasteiger charge is -1.98. The minimum Gasteiger partial charge on any atom is -0.504 e. The van der Waals surface area contributed by atoms with Crippen molar-refractivity contribution in [3.05, 3.63) is 11.4 Å². The molecule has 0 amide bonds. The molecule has 0 aliphatic heterocycles. The van der Waals surface area contributed by atoms with E-state index in [2.05, 4.69) is 10.2 Å². The van der Waals surface area contributed by atoms with Crippen molar-refractivity contribution in [2.75, 3.05) is 0 Å². The van der Waals surface area contributed by atoms with E-state index in [0.29, 0.717) is 5.69 Å². The van der Waals surface area contributed by atoms with Crippen LogP contribution in [0, 0.1) is 0 Å². The number of H-pyrrole nitrogens is 1. The molecule has 0 spiro atoms. The third-order valence-corrected chi connectivity index (χ3v) is 1.53. The first kappa shape index (κ1) is 8.58. The molecule has 0 fully saturated rings. The number of hydrogen-bond acceptors (Lipinski definition) is 3. The number of carboxylic acids is 1. The van der Waals surface area contributed by atoms with Gasteiger partial charge in [0.1, 0.15) is 5.69 Å². The number of aromatic carboxylic acids is 1. The van der Waals surface area contributed by atoms with Crippen molar-refractivity contribution in [3.63, 3.8) is 0 Å². The van der Waals surface area contributed by atoms with E-state index in [1.54, 1.807) is 0 Å². The molecule has 3 N–H and O–H groups in total. The second-order valence-corrected chi connectivity index (χ2v) is 2.79. The summed E-state index contributed by atoms with van der Waals surface area (Å²) in [5, 5.41) is 23.8. The van der Waals surface area contributed by atoms with Crippen LogP contribution in [0.25, 0.3) is 0 Å². The molecule has 12 heavy (non-hydrogen) atoms. The number of rotatable bonds is 2. The molecule has 0 atom stereocenters. The van der Waals surface area contributed by atoms with Crippen molar-refractivity contribution in [2.45, 2.75) is 19.8 Å². The van der Waals surface area contributed by atoms with Crippen LogP contribution in [0.15, 0.2) is 0 Å². The maximum atomic E-state index is 10.4. The minimum atomic E-state index is -1.20. The molecule has 0 aliphatic carbocycles. The van der Waals surface area contributed by atoms with Crippen LogP contribution >= 0.6 is 0 Å². The van der Waals surface area contributed by atoms with Crippen molar-refractivity contribution in [2.24, 2.45) is 0 Å². The molecular formula is C7H10N2O3. The smallest absolute Gasteiger partial charge is 0.357 e. The maximum absolute atomic E-state index is 10.4. The van der Waals surface area contributed by atoms with E-state index >= 15 is 0 Å². The Hall–Kier alpha value is -1.52. The van der Waals surface area contributed by atoms with Crippen LogP contribution in [0.5, 0.6) is 5.75 Å². The lowest BCUT2D eigenvalue weighted by atomic mass is 10.1. The van der Waals surface area contributed by atoms with Gasteiger partial charge in [-0.1, -0.05) is 13.8 Å². The van der Waals surface area contributed by atoms with Gasteiger partial charge in [0.15, 0.2) is 11.4 Å². The quantitative estimate of drug-likeness (QED) is 0.616. The summed E-state index contributed by atoms with van der Waals surface area (Å²) in [6.45, 7) is 3.64. The SMILES string of the molecule is CC(C)c1n[nH]c(C(=O)O)c1O. The highest BCUT2D eigenvalue weighted by Crippen LogP contribution is 2.25. The van der Waals surface area contributed by atoms with Gasteiger partial charge in [-0.25, -0.2) is 4.79 Å². The second kappa shape index (κ2) is 2.84. The first-order chi connectivity index (χ1) is 5.54. The standard InChI is InChI=1S/C7H10N2O3/c1-3(2)4-6(10)5(7(11)12)9-8-4/h3,10H,1-2H3,(H,8,9)(H,11,12). The van der Waals surface area contributed by atoms with E-state index < -0.39 is 5.97 Å². The second-order valence-electron chi connectivity index (χ2n) is 2.79. The Bertz CT molecular complexity index is 304. The lowest BCUT2D eigenvalue weighted by molar-refractivity contribution is 0.0687. The molecule has 0 saturated heterocycles. The number of carbonyl (C=O) groups is 1. The summed E-state index contributed by atoms with van der Waals surface area (Å²) in [7, 11) is 0. The van der Waals surface area contributed by atoms with Crippen LogP contribution in [-0.4, -0.2) is 26.4 Å². The first-order valence-corrected chi connectivity index (χ1v) is 3.54. The average Bonchev–Trinajstić information content (AvgIpc) is 2.30. The lowest BCUT2D eigenvalue weighted by Crippen LogP contribution is -1.96. The van der Waals surface area contributed by atoms with Gasteiger partial charge < -0.3 is 10.2 Å². The third kappa shape index (κ3) is 1.25. The summed E-state index contributed by atoms with van der Waals surface area (Å²) in [4.78, 5) is 10.4. The van der Waals surface area contributed by atoms with Gasteiger partial charge in [-0.05, 0) is 0 Å². The highest BCUT2D eigenvalue weighted by Gasteiger charge is 2.19. The molecule has 1 aromatic rings. The molecule has 0 aliphatic rings. The first-order valence-electron chi connectivity index (χ1n) is 3.54. The normalized spacial score (nSPS) is 10.6. The fourth-order valence-corrected chi connectivity index (χ4v) is 0.902. The molecule has 5 nitrogen and oxygen atoms in total. The third-order valence-electron chi connectivity index (χ3n) is 1.53. The fraction of sp³-hybridized carbons (Fsp3) is 0.429. The monoisotopic (exact) mass is 170 g/mol. The van der Waals surface area contributed by atoms with Crippen LogP contribution in [0.1, 0.15) is 35.9 Å². The molecule has 0 bridgehead atoms. The summed E-state index contributed by atoms with van der Waals surface area (Å²) in [6.07, 6.45) is 0. The van der Waals surface area contributed by atoms with Crippen molar-refractivity contribution in [1.29, 1.82) is 0 Å². The van der Waals surface area contributed by atoms with Gasteiger partial charge in [-0.2, -0.15) is 5.10 Å². The van der Waals surface area contributed by atoms with Crippen LogP contribution in [0.3, 0.4) is 0 Å². The zero-order valence-electron chi connectivity index (χ0n) is 6.83. The molecule has 1 aromatic heterocycles. The largest absolute Gasteiger partial charge is 0.504 e. The Labute approximate surface area is 69.0 Å². The topological polar surface area (TPSA) is 86.2 Å². The summed E-state index contributed by atoms with van der Waals surface area (Å²) in [5.41, 5.74) is 0.131. The van der Waals surface area contributed by atoms with Crippen LogP contribution < -0.4 is 0 Å². The van der Waals surface area contributed by atoms with Gasteiger partial charge in [0.25, 0.3) is 0 Å². The van der Waals surface area contributed by atoms with Gasteiger partial charge in [0.2, 0.25) is 0 Å². The van der Waals surface area contributed by atoms with Crippen molar-refractivity contribution in [3.8, 4) is 5.75 Å². The Morgan fingerprint density at radius 1 is 1.58 bits per heavy atom. The van der Waals surface area contributed by atoms with Crippen molar-refractivity contribution in [1.82, 2.24) is 10.2 Å². The molecule has 0 aromatic carbocycles. The Morgan fingerprint density at radius 2 is 2.17 bits per heavy atom. The number of aromatic hydroxyl groups is 1. The minimum absolute atomic E-state index is 0.00866. The molecular weight excluding hydrogens is 160 g/mol. The number of nitrogens with one attached hydrogen (secondary N) is 1. The predicted molar refractivity (Wildman–Crippen MR) is 41.3 cm³/mol. The highest BCUT2D eigenvalue weighted by atomic mass is 16.4. The number of aromatic amines is 1. The zero-order valence-corrected chi connectivity index (χ0v) is 6.83. The van der Waals surface area contributed by atoms with Crippen LogP contribution in [0.4, 0.5) is 0 Å². The van der Waals surface area contributed by atoms with E-state index in [1.165, 1.54) is 0 Å². The molecule has 0 unspecified atom stereocenters. The van der Waals surface area contributed by atoms with E-state index in [4.69, 9.17) is 5.11 Å². The summed E-state index contributed by atoms with van der Waals surface area (Å²) in [5.74, 6) is -1.46. The number of aromatic nitrogens is 2. The summed E-state index contributed by atoms with van der Waals surface area (Å²) < 4.78 is 0. The number of hydrogen-bond donors (Lipinski definition) is 3. The predicted octanol–water partition coefficient (Wildman–Crippen LogP) is 0.937. The molecule has 0 radical (unpaired) electrons. The Kier molecular flexibility index (Phi) is 2.03. The highest BCUT2D eigenvalue weighted by molar-refractivity contribution is 5.88. The zero-order chi connectivity index (χ0) is 9.30. The van der Waals surface area contributed by atoms with Gasteiger partial charge in [-0.3, -0.25) is 5.10 Å². The summed E-state index contributed by atoms with van der Waals surface area (Å²) >= 11 is 0. The molecule has 1 heterocycles. The molecule has 66 valence electrons. The van der Waals surface area contributed by atoms with Crippen molar-refractivity contribution < 1.29 is 15.0 Å². The van der Waals surface area contributed by atoms with Crippen molar-refractivity contribution >= 4 is 5.97 Å². The van der Waals surface area contributed by atoms with Crippen LogP contribution in [0.2, 0.25) is 0 Å². The van der Waals surface area contributed by atoms with E-state index in [0.717, 1.165) is 0 Å². The molecule has 1 rings (SSSR count). The molecule has 0 saturated carbocycles. The van der Waals surface area contributed by atoms with E-state index in [1.807, 2.05) is 13.8 Å². The Balaban J connectivity index is 3.13. The fourth-order valence-electron chi connectivity index (χ4n) is 0.902. The van der Waals surface area contributed by atoms with E-state index in [9.17, 15) is 9.90 Å². The summed E-state index contributed by atoms with van der Waals surface area (Å²) in [6, 6.07) is 0. The Morgan fingerprint density at radius 3 is 2.42 bits per heavy atom. The van der Waals surface area contributed by atoms with Gasteiger partial charge in [0, 0.05) is 5.92 Å².